The fraction of sp³-hybridized carbons (Fsp3) is 0.333. The highest BCUT2D eigenvalue weighted by Crippen LogP contribution is 2.35. The van der Waals surface area contributed by atoms with E-state index in [-0.39, 0.29) is 0 Å². The van der Waals surface area contributed by atoms with Crippen LogP contribution in [-0.2, 0) is 13.0 Å². The van der Waals surface area contributed by atoms with Crippen molar-refractivity contribution in [3.8, 4) is 0 Å². The molecule has 0 bridgehead atoms. The van der Waals surface area contributed by atoms with E-state index < -0.39 is 0 Å². The number of hydrogen-bond donors (Lipinski definition) is 1. The Morgan fingerprint density at radius 1 is 1.19 bits per heavy atom. The quantitative estimate of drug-likeness (QED) is 0.868. The summed E-state index contributed by atoms with van der Waals surface area (Å²) in [5.74, 6) is 0. The van der Waals surface area contributed by atoms with Gasteiger partial charge < -0.3 is 10.2 Å². The van der Waals surface area contributed by atoms with E-state index in [2.05, 4.69) is 82.5 Å². The number of hydrogen-bond acceptors (Lipinski definition) is 2. The number of nitrogens with zero attached hydrogens (tertiary/aromatic N) is 1. The van der Waals surface area contributed by atoms with Crippen molar-refractivity contribution in [1.29, 1.82) is 0 Å². The van der Waals surface area contributed by atoms with Gasteiger partial charge in [-0.3, -0.25) is 0 Å². The topological polar surface area (TPSA) is 15.3 Å². The number of anilines is 2. The molecule has 1 aliphatic heterocycles. The van der Waals surface area contributed by atoms with Crippen molar-refractivity contribution in [3.63, 3.8) is 0 Å². The molecule has 0 aliphatic carbocycles. The average molecular weight is 345 g/mol. The first kappa shape index (κ1) is 14.6. The van der Waals surface area contributed by atoms with E-state index in [1.165, 1.54) is 27.0 Å². The molecule has 0 saturated carbocycles. The van der Waals surface area contributed by atoms with E-state index in [0.717, 1.165) is 19.5 Å². The molecule has 0 radical (unpaired) electrons. The molecule has 2 aromatic rings. The van der Waals surface area contributed by atoms with Crippen molar-refractivity contribution >= 4 is 27.3 Å². The molecule has 1 aliphatic rings. The number of halogens is 1. The second-order valence-electron chi connectivity index (χ2n) is 5.84. The minimum Gasteiger partial charge on any atom is -0.341 e. The highest BCUT2D eigenvalue weighted by atomic mass is 79.9. The Morgan fingerprint density at radius 3 is 2.76 bits per heavy atom. The molecule has 0 unspecified atom stereocenters. The van der Waals surface area contributed by atoms with E-state index in [1.807, 2.05) is 0 Å². The standard InChI is InChI=1S/C18H21BrN2/c1-13(2)20-12-15-7-8-16(11-17(15)19)21-10-9-14-5-3-4-6-18(14)21/h3-8,11,13,20H,9-10,12H2,1-2H3. The molecule has 3 heteroatoms. The first-order valence-corrected chi connectivity index (χ1v) is 8.31. The van der Waals surface area contributed by atoms with E-state index in [0.29, 0.717) is 6.04 Å². The summed E-state index contributed by atoms with van der Waals surface area (Å²) < 4.78 is 1.18. The van der Waals surface area contributed by atoms with Gasteiger partial charge in [-0.25, -0.2) is 0 Å². The van der Waals surface area contributed by atoms with Crippen LogP contribution in [0.3, 0.4) is 0 Å². The van der Waals surface area contributed by atoms with Crippen LogP contribution in [-0.4, -0.2) is 12.6 Å². The molecule has 110 valence electrons. The average Bonchev–Trinajstić information content (AvgIpc) is 2.89. The van der Waals surface area contributed by atoms with Crippen molar-refractivity contribution < 1.29 is 0 Å². The van der Waals surface area contributed by atoms with Crippen LogP contribution in [0.25, 0.3) is 0 Å². The van der Waals surface area contributed by atoms with E-state index in [1.54, 1.807) is 0 Å². The molecular formula is C18H21BrN2. The third kappa shape index (κ3) is 3.14. The Hall–Kier alpha value is -1.32. The van der Waals surface area contributed by atoms with Crippen molar-refractivity contribution in [3.05, 3.63) is 58.1 Å². The Labute approximate surface area is 135 Å². The fourth-order valence-electron chi connectivity index (χ4n) is 2.77. The van der Waals surface area contributed by atoms with Crippen LogP contribution in [0.4, 0.5) is 11.4 Å². The number of fused-ring (bicyclic) bond motifs is 1. The van der Waals surface area contributed by atoms with Crippen LogP contribution < -0.4 is 10.2 Å². The molecule has 2 nitrogen and oxygen atoms in total. The largest absolute Gasteiger partial charge is 0.341 e. The number of para-hydroxylation sites is 1. The maximum atomic E-state index is 3.72. The number of rotatable bonds is 4. The van der Waals surface area contributed by atoms with Crippen molar-refractivity contribution in [2.75, 3.05) is 11.4 Å². The Kier molecular flexibility index (Phi) is 4.32. The lowest BCUT2D eigenvalue weighted by Crippen LogP contribution is -2.22. The summed E-state index contributed by atoms with van der Waals surface area (Å²) in [5, 5.41) is 3.46. The van der Waals surface area contributed by atoms with Gasteiger partial charge in [0.2, 0.25) is 0 Å². The summed E-state index contributed by atoms with van der Waals surface area (Å²) >= 11 is 3.72. The third-order valence-corrected chi connectivity index (χ3v) is 4.67. The zero-order valence-corrected chi connectivity index (χ0v) is 14.2. The predicted molar refractivity (Wildman–Crippen MR) is 93.3 cm³/mol. The van der Waals surface area contributed by atoms with Crippen LogP contribution in [0.1, 0.15) is 25.0 Å². The maximum Gasteiger partial charge on any atom is 0.0444 e. The molecule has 21 heavy (non-hydrogen) atoms. The summed E-state index contributed by atoms with van der Waals surface area (Å²) in [6, 6.07) is 15.9. The molecule has 0 amide bonds. The second kappa shape index (κ2) is 6.20. The van der Waals surface area contributed by atoms with Crippen molar-refractivity contribution in [2.24, 2.45) is 0 Å². The van der Waals surface area contributed by atoms with E-state index in [9.17, 15) is 0 Å². The van der Waals surface area contributed by atoms with E-state index in [4.69, 9.17) is 0 Å². The SMILES string of the molecule is CC(C)NCc1ccc(N2CCc3ccccc32)cc1Br. The highest BCUT2D eigenvalue weighted by molar-refractivity contribution is 9.10. The molecule has 1 heterocycles. The van der Waals surface area contributed by atoms with Crippen LogP contribution in [0.15, 0.2) is 46.9 Å². The number of benzene rings is 2. The zero-order chi connectivity index (χ0) is 14.8. The van der Waals surface area contributed by atoms with Gasteiger partial charge in [0.15, 0.2) is 0 Å². The molecule has 0 saturated heterocycles. The second-order valence-corrected chi connectivity index (χ2v) is 6.70. The third-order valence-electron chi connectivity index (χ3n) is 3.94. The van der Waals surface area contributed by atoms with Gasteiger partial charge in [0, 0.05) is 35.0 Å². The molecular weight excluding hydrogens is 324 g/mol. The van der Waals surface area contributed by atoms with Gasteiger partial charge in [-0.2, -0.15) is 0 Å². The van der Waals surface area contributed by atoms with Gasteiger partial charge in [0.25, 0.3) is 0 Å². The molecule has 0 spiro atoms. The summed E-state index contributed by atoms with van der Waals surface area (Å²) in [5.41, 5.74) is 5.36. The summed E-state index contributed by atoms with van der Waals surface area (Å²) in [7, 11) is 0. The predicted octanol–water partition coefficient (Wildman–Crippen LogP) is 4.64. The summed E-state index contributed by atoms with van der Waals surface area (Å²) in [6.45, 7) is 6.30. The lowest BCUT2D eigenvalue weighted by Gasteiger charge is -2.21. The molecule has 1 N–H and O–H groups in total. The van der Waals surface area contributed by atoms with Gasteiger partial charge in [0.05, 0.1) is 0 Å². The molecule has 2 aromatic carbocycles. The van der Waals surface area contributed by atoms with Crippen LogP contribution in [0.2, 0.25) is 0 Å². The first-order chi connectivity index (χ1) is 10.1. The Morgan fingerprint density at radius 2 is 2.00 bits per heavy atom. The van der Waals surface area contributed by atoms with Crippen molar-refractivity contribution in [2.45, 2.75) is 32.9 Å². The lowest BCUT2D eigenvalue weighted by atomic mass is 10.1. The lowest BCUT2D eigenvalue weighted by molar-refractivity contribution is 0.588. The van der Waals surface area contributed by atoms with Gasteiger partial charge in [-0.15, -0.1) is 0 Å². The highest BCUT2D eigenvalue weighted by Gasteiger charge is 2.20. The summed E-state index contributed by atoms with van der Waals surface area (Å²) in [6.07, 6.45) is 1.13. The van der Waals surface area contributed by atoms with Gasteiger partial charge in [-0.1, -0.05) is 54.0 Å². The van der Waals surface area contributed by atoms with Crippen LogP contribution in [0.5, 0.6) is 0 Å². The number of nitrogens with one attached hydrogen (secondary N) is 1. The summed E-state index contributed by atoms with van der Waals surface area (Å²) in [4.78, 5) is 2.40. The van der Waals surface area contributed by atoms with Crippen molar-refractivity contribution in [1.82, 2.24) is 5.32 Å². The molecule has 3 rings (SSSR count). The zero-order valence-electron chi connectivity index (χ0n) is 12.6. The smallest absolute Gasteiger partial charge is 0.0444 e. The Balaban J connectivity index is 1.83. The van der Waals surface area contributed by atoms with E-state index >= 15 is 0 Å². The maximum absolute atomic E-state index is 3.72. The normalized spacial score (nSPS) is 13.8. The molecule has 0 atom stereocenters. The monoisotopic (exact) mass is 344 g/mol. The molecule has 0 fully saturated rings. The molecule has 0 aromatic heterocycles. The minimum atomic E-state index is 0.502. The minimum absolute atomic E-state index is 0.502. The van der Waals surface area contributed by atoms with Crippen LogP contribution in [0, 0.1) is 0 Å². The first-order valence-electron chi connectivity index (χ1n) is 7.52. The Bertz CT molecular complexity index is 637. The fourth-order valence-corrected chi connectivity index (χ4v) is 3.27. The van der Waals surface area contributed by atoms with Crippen LogP contribution >= 0.6 is 15.9 Å². The van der Waals surface area contributed by atoms with Gasteiger partial charge in [0.1, 0.15) is 0 Å². The van der Waals surface area contributed by atoms with Gasteiger partial charge >= 0.3 is 0 Å². The van der Waals surface area contributed by atoms with Gasteiger partial charge in [-0.05, 0) is 35.7 Å².